The van der Waals surface area contributed by atoms with E-state index in [2.05, 4.69) is 69.1 Å². The molecule has 0 unspecified atom stereocenters. The first kappa shape index (κ1) is 27.2. The predicted molar refractivity (Wildman–Crippen MR) is 180 cm³/mol. The van der Waals surface area contributed by atoms with Crippen molar-refractivity contribution in [3.05, 3.63) is 64.8 Å². The van der Waals surface area contributed by atoms with Crippen molar-refractivity contribution in [2.24, 2.45) is 16.7 Å². The van der Waals surface area contributed by atoms with Crippen molar-refractivity contribution in [1.29, 1.82) is 0 Å². The largest absolute Gasteiger partial charge is 0.469 e. The number of carbonyl (C=O) groups is 1. The van der Waals surface area contributed by atoms with E-state index in [0.29, 0.717) is 18.0 Å². The van der Waals surface area contributed by atoms with E-state index in [1.54, 1.807) is 29.5 Å². The molecule has 0 radical (unpaired) electrons. The van der Waals surface area contributed by atoms with Crippen LogP contribution in [0.3, 0.4) is 0 Å². The summed E-state index contributed by atoms with van der Waals surface area (Å²) in [6.07, 6.45) is 12.0. The Morgan fingerprint density at radius 1 is 0.978 bits per heavy atom. The van der Waals surface area contributed by atoms with Crippen LogP contribution in [0.1, 0.15) is 99.1 Å². The molecule has 3 spiro atoms. The second kappa shape index (κ2) is 8.79. The van der Waals surface area contributed by atoms with E-state index in [0.717, 1.165) is 32.4 Å². The molecule has 240 valence electrons. The molecule has 1 N–H and O–H groups in total. The number of para-hydroxylation sites is 1. The van der Waals surface area contributed by atoms with Gasteiger partial charge in [-0.15, -0.1) is 0 Å². The minimum atomic E-state index is -0.238. The smallest absolute Gasteiger partial charge is 0.311 e. The lowest BCUT2D eigenvalue weighted by Gasteiger charge is -2.69. The Kier molecular flexibility index (Phi) is 5.19. The first-order valence-corrected chi connectivity index (χ1v) is 18.6. The molecule has 12 rings (SSSR count). The molecule has 3 aliphatic carbocycles. The van der Waals surface area contributed by atoms with Gasteiger partial charge in [-0.1, -0.05) is 37.3 Å². The van der Waals surface area contributed by atoms with E-state index in [1.807, 2.05) is 0 Å². The first-order chi connectivity index (χ1) is 22.5. The molecule has 2 bridgehead atoms. The summed E-state index contributed by atoms with van der Waals surface area (Å²) in [5.74, 6) is 0.406. The van der Waals surface area contributed by atoms with Crippen LogP contribution in [0, 0.1) is 16.7 Å². The summed E-state index contributed by atoms with van der Waals surface area (Å²) in [4.78, 5) is 19.5. The van der Waals surface area contributed by atoms with E-state index >= 15 is 0 Å². The van der Waals surface area contributed by atoms with Gasteiger partial charge in [-0.2, -0.15) is 0 Å². The van der Waals surface area contributed by atoms with Crippen LogP contribution in [0.15, 0.2) is 42.5 Å². The zero-order chi connectivity index (χ0) is 30.6. The van der Waals surface area contributed by atoms with Crippen molar-refractivity contribution >= 4 is 22.6 Å². The molecular weight excluding hydrogens is 568 g/mol. The number of hydrogen-bond donors (Lipinski definition) is 1. The molecular formula is C40H48N4O2. The number of nitrogens with zero attached hydrogens (tertiary/aromatic N) is 3. The Bertz CT molecular complexity index is 1830. The number of benzene rings is 2. The van der Waals surface area contributed by atoms with Crippen LogP contribution in [0.4, 0.5) is 5.69 Å². The highest BCUT2D eigenvalue weighted by atomic mass is 16.5. The van der Waals surface area contributed by atoms with Gasteiger partial charge in [0.05, 0.1) is 24.6 Å². The summed E-state index contributed by atoms with van der Waals surface area (Å²) in [6, 6.07) is 17.9. The van der Waals surface area contributed by atoms with Gasteiger partial charge in [-0.25, -0.2) is 0 Å². The number of fused-ring (bicyclic) bond motifs is 6. The number of ether oxygens (including phenoxy) is 1. The van der Waals surface area contributed by atoms with Crippen LogP contribution in [0.25, 0.3) is 10.9 Å². The standard InChI is InChI=1S/C40H48N4O2/c1-3-38-14-7-18-42-20-12-27-26-8-4-5-9-32(26)44(33(27)34(38)42)24-30(38)25-10-11-31-28(22-25)39-17-21-43-19-6-13-37(36(39)43)15-16-40(39,41-31)29(23-37)35(45)46-2/h4-5,8-11,22,29-30,34,36,41H,3,6-7,12-21,23-24H2,1-2H3/t29-,30-,34+,36-,37-,38-,39+,40+/m0/s1. The zero-order valence-corrected chi connectivity index (χ0v) is 27.6. The average Bonchev–Trinajstić information content (AvgIpc) is 3.76. The maximum Gasteiger partial charge on any atom is 0.311 e. The zero-order valence-electron chi connectivity index (χ0n) is 27.6. The van der Waals surface area contributed by atoms with E-state index in [4.69, 9.17) is 4.74 Å². The molecule has 9 aliphatic rings. The number of aromatic nitrogens is 1. The molecule has 3 saturated heterocycles. The molecule has 2 aromatic carbocycles. The van der Waals surface area contributed by atoms with E-state index in [9.17, 15) is 4.79 Å². The maximum atomic E-state index is 13.7. The van der Waals surface area contributed by atoms with Crippen LogP contribution >= 0.6 is 0 Å². The van der Waals surface area contributed by atoms with Gasteiger partial charge in [0.25, 0.3) is 0 Å². The van der Waals surface area contributed by atoms with Crippen LogP contribution < -0.4 is 5.32 Å². The molecule has 8 atom stereocenters. The SMILES string of the molecule is CC[C@]12CCCN3CCc4c(n(c5ccccc45)C[C@H]1c1ccc4c(c1)[C@@]15CCN6CCC[C@@]7(CC[C@@]1(N4)[C@H](C(=O)OC)C7)[C@H]65)[C@@H]32. The number of piperidine rings is 2. The van der Waals surface area contributed by atoms with Gasteiger partial charge in [0.2, 0.25) is 0 Å². The van der Waals surface area contributed by atoms with Gasteiger partial charge in [-0.3, -0.25) is 14.6 Å². The topological polar surface area (TPSA) is 49.7 Å². The lowest BCUT2D eigenvalue weighted by Crippen LogP contribution is -2.76. The minimum Gasteiger partial charge on any atom is -0.469 e. The monoisotopic (exact) mass is 616 g/mol. The molecule has 6 aliphatic heterocycles. The fourth-order valence-electron chi connectivity index (χ4n) is 14.4. The Balaban J connectivity index is 1.12. The lowest BCUT2D eigenvalue weighted by molar-refractivity contribution is -0.171. The fourth-order valence-corrected chi connectivity index (χ4v) is 14.4. The van der Waals surface area contributed by atoms with Crippen LogP contribution in [0.5, 0.6) is 0 Å². The lowest BCUT2D eigenvalue weighted by atomic mass is 9.39. The van der Waals surface area contributed by atoms with Crippen molar-refractivity contribution in [3.8, 4) is 0 Å². The van der Waals surface area contributed by atoms with Gasteiger partial charge in [0, 0.05) is 52.7 Å². The number of anilines is 1. The summed E-state index contributed by atoms with van der Waals surface area (Å²) >= 11 is 0. The van der Waals surface area contributed by atoms with E-state index < -0.39 is 0 Å². The summed E-state index contributed by atoms with van der Waals surface area (Å²) in [5, 5.41) is 5.67. The minimum absolute atomic E-state index is 0.0149. The quantitative estimate of drug-likeness (QED) is 0.329. The number of rotatable bonds is 3. The predicted octanol–water partition coefficient (Wildman–Crippen LogP) is 6.77. The third kappa shape index (κ3) is 2.83. The fraction of sp³-hybridized carbons (Fsp3) is 0.625. The maximum absolute atomic E-state index is 13.7. The highest BCUT2D eigenvalue weighted by Crippen LogP contribution is 2.74. The third-order valence-corrected chi connectivity index (χ3v) is 15.9. The number of nitrogens with one attached hydrogen (secondary N) is 1. The summed E-state index contributed by atoms with van der Waals surface area (Å²) in [7, 11) is 1.61. The first-order valence-electron chi connectivity index (χ1n) is 18.6. The van der Waals surface area contributed by atoms with Gasteiger partial charge in [-0.05, 0) is 123 Å². The highest BCUT2D eigenvalue weighted by Gasteiger charge is 2.79. The molecule has 7 heterocycles. The molecule has 0 amide bonds. The molecule has 1 aromatic heterocycles. The Labute approximate surface area is 272 Å². The van der Waals surface area contributed by atoms with Crippen molar-refractivity contribution in [2.75, 3.05) is 38.6 Å². The van der Waals surface area contributed by atoms with Crippen molar-refractivity contribution in [2.45, 2.75) is 107 Å². The van der Waals surface area contributed by atoms with Gasteiger partial charge in [0.1, 0.15) is 0 Å². The van der Waals surface area contributed by atoms with Crippen molar-refractivity contribution < 1.29 is 9.53 Å². The van der Waals surface area contributed by atoms with Gasteiger partial charge >= 0.3 is 5.97 Å². The second-order valence-corrected chi connectivity index (χ2v) is 16.7. The highest BCUT2D eigenvalue weighted by molar-refractivity contribution is 5.86. The number of hydrogen-bond acceptors (Lipinski definition) is 5. The molecule has 6 nitrogen and oxygen atoms in total. The number of methoxy groups -OCH3 is 1. The van der Waals surface area contributed by atoms with Crippen LogP contribution in [0.2, 0.25) is 0 Å². The molecule has 46 heavy (non-hydrogen) atoms. The second-order valence-electron chi connectivity index (χ2n) is 16.7. The summed E-state index contributed by atoms with van der Waals surface area (Å²) in [5.41, 5.74) is 9.32. The molecule has 6 heteroatoms. The van der Waals surface area contributed by atoms with Gasteiger partial charge < -0.3 is 14.6 Å². The summed E-state index contributed by atoms with van der Waals surface area (Å²) < 4.78 is 8.38. The van der Waals surface area contributed by atoms with Crippen molar-refractivity contribution in [3.63, 3.8) is 0 Å². The van der Waals surface area contributed by atoms with E-state index in [1.165, 1.54) is 81.2 Å². The van der Waals surface area contributed by atoms with Crippen LogP contribution in [-0.4, -0.2) is 65.2 Å². The average molecular weight is 617 g/mol. The normalized spacial score (nSPS) is 41.4. The van der Waals surface area contributed by atoms with Crippen LogP contribution in [-0.2, 0) is 27.9 Å². The van der Waals surface area contributed by atoms with Crippen molar-refractivity contribution in [1.82, 2.24) is 14.4 Å². The third-order valence-electron chi connectivity index (χ3n) is 15.9. The number of carbonyl (C=O) groups excluding carboxylic acids is 1. The van der Waals surface area contributed by atoms with Gasteiger partial charge in [0.15, 0.2) is 0 Å². The Morgan fingerprint density at radius 3 is 2.74 bits per heavy atom. The summed E-state index contributed by atoms with van der Waals surface area (Å²) in [6.45, 7) is 8.36. The molecule has 3 aromatic rings. The number of esters is 1. The Morgan fingerprint density at radius 2 is 1.85 bits per heavy atom. The Hall–Kier alpha value is -2.83. The molecule has 6 fully saturated rings. The van der Waals surface area contributed by atoms with E-state index in [-0.39, 0.29) is 33.7 Å². The molecule has 3 saturated carbocycles.